The van der Waals surface area contributed by atoms with E-state index in [-0.39, 0.29) is 6.61 Å². The van der Waals surface area contributed by atoms with E-state index in [1.165, 1.54) is 0 Å². The SMILES string of the molecule is COc1cc(CNc2nn[nH]n2)cc(Br)c1OCc1c(Cl)cccc1Cl. The van der Waals surface area contributed by atoms with E-state index in [4.69, 9.17) is 32.7 Å². The Balaban J connectivity index is 1.76. The van der Waals surface area contributed by atoms with Gasteiger partial charge in [0.2, 0.25) is 0 Å². The van der Waals surface area contributed by atoms with E-state index in [9.17, 15) is 0 Å². The summed E-state index contributed by atoms with van der Waals surface area (Å²) in [6.07, 6.45) is 0. The highest BCUT2D eigenvalue weighted by Crippen LogP contribution is 2.38. The second-order valence-electron chi connectivity index (χ2n) is 5.19. The Kier molecular flexibility index (Phi) is 6.18. The van der Waals surface area contributed by atoms with Gasteiger partial charge in [-0.05, 0) is 51.0 Å². The summed E-state index contributed by atoms with van der Waals surface area (Å²) in [5.41, 5.74) is 1.66. The molecule has 0 aliphatic rings. The number of aromatic amines is 1. The zero-order valence-electron chi connectivity index (χ0n) is 13.6. The van der Waals surface area contributed by atoms with E-state index in [1.807, 2.05) is 12.1 Å². The van der Waals surface area contributed by atoms with Gasteiger partial charge in [-0.25, -0.2) is 0 Å². The number of methoxy groups -OCH3 is 1. The summed E-state index contributed by atoms with van der Waals surface area (Å²) in [7, 11) is 1.58. The summed E-state index contributed by atoms with van der Waals surface area (Å²) >= 11 is 15.9. The zero-order chi connectivity index (χ0) is 18.5. The third-order valence-corrected chi connectivity index (χ3v) is 4.80. The molecule has 2 aromatic carbocycles. The van der Waals surface area contributed by atoms with Crippen molar-refractivity contribution in [1.29, 1.82) is 0 Å². The molecule has 1 heterocycles. The van der Waals surface area contributed by atoms with Gasteiger partial charge in [-0.15, -0.1) is 5.10 Å². The van der Waals surface area contributed by atoms with Crippen molar-refractivity contribution in [3.63, 3.8) is 0 Å². The number of ether oxygens (including phenoxy) is 2. The number of halogens is 3. The Hall–Kier alpha value is -2.03. The van der Waals surface area contributed by atoms with E-state index in [0.29, 0.717) is 39.6 Å². The molecule has 0 aliphatic carbocycles. The third kappa shape index (κ3) is 4.38. The van der Waals surface area contributed by atoms with Crippen molar-refractivity contribution in [1.82, 2.24) is 20.6 Å². The number of anilines is 1. The maximum Gasteiger partial charge on any atom is 0.263 e. The van der Waals surface area contributed by atoms with Gasteiger partial charge in [-0.2, -0.15) is 5.21 Å². The molecule has 0 radical (unpaired) electrons. The van der Waals surface area contributed by atoms with Crippen molar-refractivity contribution in [3.8, 4) is 11.5 Å². The molecular weight excluding hydrogens is 445 g/mol. The highest BCUT2D eigenvalue weighted by atomic mass is 79.9. The van der Waals surface area contributed by atoms with Crippen molar-refractivity contribution in [3.05, 3.63) is 56.0 Å². The van der Waals surface area contributed by atoms with Crippen LogP contribution in [0, 0.1) is 0 Å². The Labute approximate surface area is 168 Å². The number of hydrogen-bond acceptors (Lipinski definition) is 6. The number of H-pyrrole nitrogens is 1. The highest BCUT2D eigenvalue weighted by Gasteiger charge is 2.14. The molecule has 0 unspecified atom stereocenters. The first-order chi connectivity index (χ1) is 12.6. The lowest BCUT2D eigenvalue weighted by Crippen LogP contribution is -2.04. The van der Waals surface area contributed by atoms with Gasteiger partial charge in [-0.3, -0.25) is 0 Å². The van der Waals surface area contributed by atoms with Crippen molar-refractivity contribution >= 4 is 45.1 Å². The number of aromatic nitrogens is 4. The van der Waals surface area contributed by atoms with Crippen LogP contribution in [0.15, 0.2) is 34.8 Å². The lowest BCUT2D eigenvalue weighted by atomic mass is 10.2. The number of rotatable bonds is 7. The predicted molar refractivity (Wildman–Crippen MR) is 103 cm³/mol. The molecule has 2 N–H and O–H groups in total. The van der Waals surface area contributed by atoms with Crippen LogP contribution < -0.4 is 14.8 Å². The Morgan fingerprint density at radius 2 is 2.00 bits per heavy atom. The monoisotopic (exact) mass is 457 g/mol. The molecule has 10 heteroatoms. The smallest absolute Gasteiger partial charge is 0.263 e. The van der Waals surface area contributed by atoms with Gasteiger partial charge in [0.25, 0.3) is 5.95 Å². The van der Waals surface area contributed by atoms with Crippen LogP contribution >= 0.6 is 39.1 Å². The first kappa shape index (κ1) is 18.8. The Bertz CT molecular complexity index is 872. The first-order valence-corrected chi connectivity index (χ1v) is 9.02. The number of nitrogens with one attached hydrogen (secondary N) is 2. The molecule has 0 bridgehead atoms. The minimum absolute atomic E-state index is 0.216. The van der Waals surface area contributed by atoms with Crippen molar-refractivity contribution in [2.24, 2.45) is 0 Å². The fraction of sp³-hybridized carbons (Fsp3) is 0.188. The van der Waals surface area contributed by atoms with Crippen molar-refractivity contribution < 1.29 is 9.47 Å². The molecule has 3 rings (SSSR count). The van der Waals surface area contributed by atoms with Gasteiger partial charge in [0.1, 0.15) is 6.61 Å². The number of benzene rings is 2. The van der Waals surface area contributed by atoms with Gasteiger partial charge >= 0.3 is 0 Å². The van der Waals surface area contributed by atoms with Gasteiger partial charge in [0.05, 0.1) is 11.6 Å². The first-order valence-electron chi connectivity index (χ1n) is 7.48. The van der Waals surface area contributed by atoms with Crippen LogP contribution in [-0.4, -0.2) is 27.7 Å². The van der Waals surface area contributed by atoms with Crippen LogP contribution in [-0.2, 0) is 13.2 Å². The standard InChI is InChI=1S/C16H14BrCl2N5O2/c1-25-14-6-9(7-20-16-21-23-24-22-16)5-11(17)15(14)26-8-10-12(18)3-2-4-13(10)19/h2-6H,7-8H2,1H3,(H2,20,21,22,23,24). The second kappa shape index (κ2) is 8.57. The highest BCUT2D eigenvalue weighted by molar-refractivity contribution is 9.10. The quantitative estimate of drug-likeness (QED) is 0.543. The maximum absolute atomic E-state index is 6.19. The Morgan fingerprint density at radius 1 is 1.23 bits per heavy atom. The molecule has 136 valence electrons. The van der Waals surface area contributed by atoms with E-state index in [1.54, 1.807) is 25.3 Å². The third-order valence-electron chi connectivity index (χ3n) is 3.51. The lowest BCUT2D eigenvalue weighted by Gasteiger charge is -2.15. The van der Waals surface area contributed by atoms with E-state index >= 15 is 0 Å². The number of tetrazole rings is 1. The maximum atomic E-state index is 6.19. The van der Waals surface area contributed by atoms with Gasteiger partial charge < -0.3 is 14.8 Å². The average molecular weight is 459 g/mol. The van der Waals surface area contributed by atoms with Crippen LogP contribution in [0.25, 0.3) is 0 Å². The van der Waals surface area contributed by atoms with Crippen LogP contribution in [0.5, 0.6) is 11.5 Å². The molecule has 3 aromatic rings. The molecule has 1 aromatic heterocycles. The van der Waals surface area contributed by atoms with Crippen LogP contribution in [0.1, 0.15) is 11.1 Å². The summed E-state index contributed by atoms with van der Waals surface area (Å²) < 4.78 is 12.1. The largest absolute Gasteiger partial charge is 0.493 e. The molecule has 0 saturated carbocycles. The average Bonchev–Trinajstić information content (AvgIpc) is 3.14. The molecule has 0 fully saturated rings. The molecule has 26 heavy (non-hydrogen) atoms. The van der Waals surface area contributed by atoms with E-state index in [2.05, 4.69) is 41.9 Å². The minimum Gasteiger partial charge on any atom is -0.493 e. The summed E-state index contributed by atoms with van der Waals surface area (Å²) in [6, 6.07) is 9.10. The Morgan fingerprint density at radius 3 is 2.65 bits per heavy atom. The van der Waals surface area contributed by atoms with Crippen LogP contribution in [0.2, 0.25) is 10.0 Å². The van der Waals surface area contributed by atoms with Crippen LogP contribution in [0.3, 0.4) is 0 Å². The van der Waals surface area contributed by atoms with Crippen LogP contribution in [0.4, 0.5) is 5.95 Å². The predicted octanol–water partition coefficient (Wildman–Crippen LogP) is 4.47. The topological polar surface area (TPSA) is 85.0 Å². The molecule has 7 nitrogen and oxygen atoms in total. The molecule has 0 aliphatic heterocycles. The van der Waals surface area contributed by atoms with Gasteiger partial charge in [0.15, 0.2) is 11.5 Å². The fourth-order valence-electron chi connectivity index (χ4n) is 2.25. The molecule has 0 amide bonds. The summed E-state index contributed by atoms with van der Waals surface area (Å²) in [4.78, 5) is 0. The zero-order valence-corrected chi connectivity index (χ0v) is 16.7. The number of hydrogen-bond donors (Lipinski definition) is 2. The van der Waals surface area contributed by atoms with Crippen molar-refractivity contribution in [2.45, 2.75) is 13.2 Å². The fourth-order valence-corrected chi connectivity index (χ4v) is 3.36. The van der Waals surface area contributed by atoms with Gasteiger partial charge in [0, 0.05) is 22.2 Å². The molecule has 0 saturated heterocycles. The second-order valence-corrected chi connectivity index (χ2v) is 6.86. The van der Waals surface area contributed by atoms with Crippen molar-refractivity contribution in [2.75, 3.05) is 12.4 Å². The molecule has 0 atom stereocenters. The lowest BCUT2D eigenvalue weighted by molar-refractivity contribution is 0.282. The molecule has 0 spiro atoms. The summed E-state index contributed by atoms with van der Waals surface area (Å²) in [5.74, 6) is 1.55. The molecular formula is C16H14BrCl2N5O2. The normalized spacial score (nSPS) is 10.6. The summed E-state index contributed by atoms with van der Waals surface area (Å²) in [5, 5.41) is 17.7. The van der Waals surface area contributed by atoms with E-state index < -0.39 is 0 Å². The summed E-state index contributed by atoms with van der Waals surface area (Å²) in [6.45, 7) is 0.707. The minimum atomic E-state index is 0.216. The van der Waals surface area contributed by atoms with E-state index in [0.717, 1.165) is 10.0 Å². The van der Waals surface area contributed by atoms with Gasteiger partial charge in [-0.1, -0.05) is 34.4 Å². The number of nitrogens with zero attached hydrogens (tertiary/aromatic N) is 3.